The maximum atomic E-state index is 13.0. The number of amides is 1. The molecule has 3 rings (SSSR count). The Labute approximate surface area is 120 Å². The highest BCUT2D eigenvalue weighted by atomic mass is 19.3. The number of hydrogen-bond donors (Lipinski definition) is 3. The molecule has 0 aliphatic carbocycles. The summed E-state index contributed by atoms with van der Waals surface area (Å²) in [6.07, 6.45) is 3.23. The van der Waals surface area contributed by atoms with Crippen molar-refractivity contribution < 1.29 is 13.6 Å². The van der Waals surface area contributed by atoms with Crippen LogP contribution < -0.4 is 11.1 Å². The summed E-state index contributed by atoms with van der Waals surface area (Å²) < 4.78 is 26.0. The van der Waals surface area contributed by atoms with Gasteiger partial charge >= 0.3 is 0 Å². The SMILES string of the molecule is NC(=O)CC1CNCCC1(F)F.c1cnc2cc[nH]c2c1. The highest BCUT2D eigenvalue weighted by Crippen LogP contribution is 2.32. The summed E-state index contributed by atoms with van der Waals surface area (Å²) in [6, 6.07) is 5.87. The van der Waals surface area contributed by atoms with Crippen LogP contribution in [0.1, 0.15) is 12.8 Å². The average molecular weight is 296 g/mol. The van der Waals surface area contributed by atoms with Crippen LogP contribution in [0.25, 0.3) is 11.0 Å². The monoisotopic (exact) mass is 296 g/mol. The molecular formula is C14H18F2N4O. The van der Waals surface area contributed by atoms with Gasteiger partial charge in [-0.25, -0.2) is 8.78 Å². The molecular weight excluding hydrogens is 278 g/mol. The summed E-state index contributed by atoms with van der Waals surface area (Å²) in [7, 11) is 0. The molecule has 1 aliphatic heterocycles. The number of H-pyrrole nitrogens is 1. The Bertz CT molecular complexity index is 569. The third kappa shape index (κ3) is 4.22. The summed E-state index contributed by atoms with van der Waals surface area (Å²) in [6.45, 7) is 0.484. The van der Waals surface area contributed by atoms with Crippen LogP contribution in [-0.2, 0) is 4.79 Å². The van der Waals surface area contributed by atoms with Crippen molar-refractivity contribution in [3.8, 4) is 0 Å². The number of nitrogens with one attached hydrogen (secondary N) is 2. The van der Waals surface area contributed by atoms with E-state index in [1.54, 1.807) is 6.20 Å². The second-order valence-corrected chi connectivity index (χ2v) is 5.00. The molecule has 21 heavy (non-hydrogen) atoms. The highest BCUT2D eigenvalue weighted by Gasteiger charge is 2.41. The van der Waals surface area contributed by atoms with Gasteiger partial charge < -0.3 is 16.0 Å². The molecule has 4 N–H and O–H groups in total. The first-order valence-electron chi connectivity index (χ1n) is 6.74. The fourth-order valence-corrected chi connectivity index (χ4v) is 2.23. The van der Waals surface area contributed by atoms with Crippen LogP contribution in [-0.4, -0.2) is 34.9 Å². The second kappa shape index (κ2) is 6.62. The molecule has 114 valence electrons. The topological polar surface area (TPSA) is 83.8 Å². The number of primary amides is 1. The first kappa shape index (κ1) is 15.4. The molecule has 0 saturated carbocycles. The number of aromatic amines is 1. The van der Waals surface area contributed by atoms with Crippen LogP contribution in [0, 0.1) is 5.92 Å². The molecule has 1 fully saturated rings. The largest absolute Gasteiger partial charge is 0.370 e. The van der Waals surface area contributed by atoms with Gasteiger partial charge in [-0.2, -0.15) is 0 Å². The van der Waals surface area contributed by atoms with Gasteiger partial charge in [0, 0.05) is 44.2 Å². The summed E-state index contributed by atoms with van der Waals surface area (Å²) in [5.74, 6) is -4.33. The van der Waals surface area contributed by atoms with Crippen molar-refractivity contribution in [2.75, 3.05) is 13.1 Å². The lowest BCUT2D eigenvalue weighted by molar-refractivity contribution is -0.126. The van der Waals surface area contributed by atoms with Crippen molar-refractivity contribution in [2.24, 2.45) is 11.7 Å². The molecule has 1 aliphatic rings. The third-order valence-electron chi connectivity index (χ3n) is 3.39. The van der Waals surface area contributed by atoms with Gasteiger partial charge in [0.25, 0.3) is 5.92 Å². The van der Waals surface area contributed by atoms with Gasteiger partial charge in [-0.15, -0.1) is 0 Å². The minimum atomic E-state index is -2.74. The van der Waals surface area contributed by atoms with E-state index in [0.29, 0.717) is 6.54 Å². The summed E-state index contributed by atoms with van der Waals surface area (Å²) in [5.41, 5.74) is 6.96. The van der Waals surface area contributed by atoms with E-state index in [2.05, 4.69) is 15.3 Å². The molecule has 2 aromatic rings. The van der Waals surface area contributed by atoms with Gasteiger partial charge in [0.1, 0.15) is 0 Å². The van der Waals surface area contributed by atoms with Crippen molar-refractivity contribution in [3.63, 3.8) is 0 Å². The Hall–Kier alpha value is -2.02. The first-order chi connectivity index (χ1) is 9.99. The van der Waals surface area contributed by atoms with Gasteiger partial charge in [0.05, 0.1) is 11.0 Å². The van der Waals surface area contributed by atoms with Gasteiger partial charge in [0.15, 0.2) is 0 Å². The average Bonchev–Trinajstić information content (AvgIpc) is 2.90. The van der Waals surface area contributed by atoms with Crippen molar-refractivity contribution in [1.29, 1.82) is 0 Å². The van der Waals surface area contributed by atoms with Gasteiger partial charge in [-0.05, 0) is 18.2 Å². The number of piperidine rings is 1. The fourth-order valence-electron chi connectivity index (χ4n) is 2.23. The maximum Gasteiger partial charge on any atom is 0.253 e. The normalized spacial score (nSPS) is 20.6. The molecule has 1 unspecified atom stereocenters. The molecule has 0 bridgehead atoms. The maximum absolute atomic E-state index is 13.0. The van der Waals surface area contributed by atoms with Crippen molar-refractivity contribution in [3.05, 3.63) is 30.6 Å². The minimum absolute atomic E-state index is 0.177. The number of pyridine rings is 1. The van der Waals surface area contributed by atoms with Gasteiger partial charge in [-0.3, -0.25) is 9.78 Å². The lowest BCUT2D eigenvalue weighted by Gasteiger charge is -2.30. The molecule has 0 radical (unpaired) electrons. The summed E-state index contributed by atoms with van der Waals surface area (Å²) >= 11 is 0. The Morgan fingerprint density at radius 2 is 2.29 bits per heavy atom. The Balaban J connectivity index is 0.000000159. The molecule has 1 amide bonds. The van der Waals surface area contributed by atoms with Crippen LogP contribution in [0.3, 0.4) is 0 Å². The zero-order chi connectivity index (χ0) is 15.3. The predicted octanol–water partition coefficient (Wildman–Crippen LogP) is 1.67. The number of rotatable bonds is 2. The first-order valence-corrected chi connectivity index (χ1v) is 6.74. The fraction of sp³-hybridized carbons (Fsp3) is 0.429. The highest BCUT2D eigenvalue weighted by molar-refractivity contribution is 5.74. The Morgan fingerprint density at radius 3 is 2.95 bits per heavy atom. The van der Waals surface area contributed by atoms with Crippen molar-refractivity contribution >= 4 is 16.9 Å². The number of nitrogens with two attached hydrogens (primary N) is 1. The zero-order valence-electron chi connectivity index (χ0n) is 11.5. The van der Waals surface area contributed by atoms with E-state index in [1.165, 1.54) is 0 Å². The van der Waals surface area contributed by atoms with Crippen LogP contribution in [0.4, 0.5) is 8.78 Å². The number of fused-ring (bicyclic) bond motifs is 1. The van der Waals surface area contributed by atoms with Gasteiger partial charge in [0.2, 0.25) is 5.91 Å². The quantitative estimate of drug-likeness (QED) is 0.788. The third-order valence-corrected chi connectivity index (χ3v) is 3.39. The van der Waals surface area contributed by atoms with Gasteiger partial charge in [-0.1, -0.05) is 0 Å². The minimum Gasteiger partial charge on any atom is -0.370 e. The number of carbonyl (C=O) groups excluding carboxylic acids is 1. The lowest BCUT2D eigenvalue weighted by Crippen LogP contribution is -2.46. The van der Waals surface area contributed by atoms with Crippen LogP contribution in [0.2, 0.25) is 0 Å². The number of halogens is 2. The lowest BCUT2D eigenvalue weighted by atomic mass is 9.92. The van der Waals surface area contributed by atoms with E-state index in [-0.39, 0.29) is 19.4 Å². The second-order valence-electron chi connectivity index (χ2n) is 5.00. The molecule has 1 saturated heterocycles. The van der Waals surface area contributed by atoms with E-state index in [0.717, 1.165) is 11.0 Å². The molecule has 5 nitrogen and oxygen atoms in total. The van der Waals surface area contributed by atoms with E-state index in [1.807, 2.05) is 24.4 Å². The number of alkyl halides is 2. The molecule has 2 aromatic heterocycles. The van der Waals surface area contributed by atoms with Crippen LogP contribution >= 0.6 is 0 Å². The van der Waals surface area contributed by atoms with Crippen molar-refractivity contribution in [1.82, 2.24) is 15.3 Å². The van der Waals surface area contributed by atoms with Crippen molar-refractivity contribution in [2.45, 2.75) is 18.8 Å². The van der Waals surface area contributed by atoms with E-state index in [9.17, 15) is 13.6 Å². The molecule has 1 atom stereocenters. The Morgan fingerprint density at radius 1 is 1.48 bits per heavy atom. The summed E-state index contributed by atoms with van der Waals surface area (Å²) in [5, 5.41) is 2.81. The number of aromatic nitrogens is 2. The van der Waals surface area contributed by atoms with E-state index in [4.69, 9.17) is 5.73 Å². The Kier molecular flexibility index (Phi) is 4.85. The molecule has 0 spiro atoms. The van der Waals surface area contributed by atoms with E-state index >= 15 is 0 Å². The van der Waals surface area contributed by atoms with E-state index < -0.39 is 17.7 Å². The summed E-state index contributed by atoms with van der Waals surface area (Å²) in [4.78, 5) is 17.6. The van der Waals surface area contributed by atoms with Crippen LogP contribution in [0.15, 0.2) is 30.6 Å². The zero-order valence-corrected chi connectivity index (χ0v) is 11.5. The smallest absolute Gasteiger partial charge is 0.253 e. The molecule has 7 heteroatoms. The van der Waals surface area contributed by atoms with Crippen LogP contribution in [0.5, 0.6) is 0 Å². The number of nitrogens with zero attached hydrogens (tertiary/aromatic N) is 1. The number of carbonyl (C=O) groups is 1. The molecule has 0 aromatic carbocycles. The number of hydrogen-bond acceptors (Lipinski definition) is 3. The standard InChI is InChI=1S/C7H12F2N2O.C7H6N2/c8-7(9)1-2-11-4-5(7)3-6(10)12;1-2-6-7(8-4-1)3-5-9-6/h5,11H,1-4H2,(H2,10,12);1-5,9H. The predicted molar refractivity (Wildman–Crippen MR) is 75.8 cm³/mol. The molecule has 3 heterocycles.